The Hall–Kier alpha value is -2.08. The van der Waals surface area contributed by atoms with Gasteiger partial charge >= 0.3 is 0 Å². The second kappa shape index (κ2) is 5.05. The highest BCUT2D eigenvalue weighted by atomic mass is 16.5. The molecule has 0 spiro atoms. The van der Waals surface area contributed by atoms with Crippen molar-refractivity contribution in [3.63, 3.8) is 0 Å². The number of phenols is 2. The molecule has 0 amide bonds. The molecule has 2 aromatic rings. The zero-order valence-electron chi connectivity index (χ0n) is 10.1. The van der Waals surface area contributed by atoms with Crippen molar-refractivity contribution in [2.45, 2.75) is 19.4 Å². The first-order chi connectivity index (χ1) is 8.61. The molecule has 0 saturated carbocycles. The lowest BCUT2D eigenvalue weighted by molar-refractivity contribution is 0.116. The molecule has 1 aromatic carbocycles. The fourth-order valence-corrected chi connectivity index (χ4v) is 1.53. The summed E-state index contributed by atoms with van der Waals surface area (Å²) in [6, 6.07) is 4.41. The number of ether oxygens (including phenoxy) is 1. The van der Waals surface area contributed by atoms with Gasteiger partial charge in [0, 0.05) is 13.5 Å². The van der Waals surface area contributed by atoms with Gasteiger partial charge in [-0.15, -0.1) is 0 Å². The zero-order chi connectivity index (χ0) is 13.1. The molecular weight excluding hydrogens is 236 g/mol. The maximum absolute atomic E-state index is 9.67. The van der Waals surface area contributed by atoms with Crippen molar-refractivity contribution in [3.05, 3.63) is 24.0 Å². The molecule has 18 heavy (non-hydrogen) atoms. The predicted molar refractivity (Wildman–Crippen MR) is 63.2 cm³/mol. The van der Waals surface area contributed by atoms with E-state index in [2.05, 4.69) is 10.1 Å². The molecule has 96 valence electrons. The fraction of sp³-hybridized carbons (Fsp3) is 0.333. The molecule has 0 bridgehead atoms. The van der Waals surface area contributed by atoms with E-state index in [9.17, 15) is 10.2 Å². The number of aromatic hydroxyl groups is 2. The minimum atomic E-state index is -0.106. The lowest BCUT2D eigenvalue weighted by Crippen LogP contribution is -2.09. The highest BCUT2D eigenvalue weighted by Gasteiger charge is 2.17. The maximum Gasteiger partial charge on any atom is 0.265 e. The third-order valence-corrected chi connectivity index (χ3v) is 2.57. The quantitative estimate of drug-likeness (QED) is 0.859. The number of hydrogen-bond donors (Lipinski definition) is 2. The number of methoxy groups -OCH3 is 1. The van der Waals surface area contributed by atoms with E-state index >= 15 is 0 Å². The summed E-state index contributed by atoms with van der Waals surface area (Å²) < 4.78 is 10.1. The Labute approximate surface area is 104 Å². The molecule has 0 fully saturated rings. The van der Waals surface area contributed by atoms with E-state index in [0.717, 1.165) is 0 Å². The molecule has 2 N–H and O–H groups in total. The van der Waals surface area contributed by atoms with Crippen molar-refractivity contribution in [2.24, 2.45) is 0 Å². The average molecular weight is 250 g/mol. The van der Waals surface area contributed by atoms with Gasteiger partial charge in [0.05, 0.1) is 6.10 Å². The molecule has 0 aliphatic heterocycles. The molecule has 0 aliphatic rings. The van der Waals surface area contributed by atoms with Gasteiger partial charge in [-0.2, -0.15) is 4.98 Å². The van der Waals surface area contributed by atoms with Gasteiger partial charge in [-0.3, -0.25) is 0 Å². The highest BCUT2D eigenvalue weighted by molar-refractivity contribution is 5.69. The Morgan fingerprint density at radius 2 is 2.00 bits per heavy atom. The normalized spacial score (nSPS) is 12.6. The third kappa shape index (κ3) is 2.43. The van der Waals surface area contributed by atoms with Crippen molar-refractivity contribution in [1.29, 1.82) is 0 Å². The van der Waals surface area contributed by atoms with Crippen LogP contribution in [0.15, 0.2) is 22.7 Å². The Kier molecular flexibility index (Phi) is 3.47. The molecule has 1 atom stereocenters. The Morgan fingerprint density at radius 3 is 2.61 bits per heavy atom. The SMILES string of the molecule is COC(C)Cc1noc(-c2c(O)cccc2O)n1. The van der Waals surface area contributed by atoms with Gasteiger partial charge in [-0.05, 0) is 19.1 Å². The van der Waals surface area contributed by atoms with Gasteiger partial charge in [-0.1, -0.05) is 11.2 Å². The Balaban J connectivity index is 2.30. The number of benzene rings is 1. The molecule has 2 rings (SSSR count). The first kappa shape index (κ1) is 12.4. The second-order valence-corrected chi connectivity index (χ2v) is 3.94. The number of aromatic nitrogens is 2. The highest BCUT2D eigenvalue weighted by Crippen LogP contribution is 2.35. The maximum atomic E-state index is 9.67. The second-order valence-electron chi connectivity index (χ2n) is 3.94. The summed E-state index contributed by atoms with van der Waals surface area (Å²) >= 11 is 0. The molecule has 6 nitrogen and oxygen atoms in total. The summed E-state index contributed by atoms with van der Waals surface area (Å²) in [6.45, 7) is 1.88. The summed E-state index contributed by atoms with van der Waals surface area (Å²) in [5.41, 5.74) is 0.140. The summed E-state index contributed by atoms with van der Waals surface area (Å²) in [4.78, 5) is 4.11. The van der Waals surface area contributed by atoms with Crippen LogP contribution in [0, 0.1) is 0 Å². The molecule has 1 aromatic heterocycles. The van der Waals surface area contributed by atoms with Crippen molar-refractivity contribution < 1.29 is 19.5 Å². The van der Waals surface area contributed by atoms with Gasteiger partial charge in [0.15, 0.2) is 5.82 Å². The van der Waals surface area contributed by atoms with Crippen LogP contribution in [0.3, 0.4) is 0 Å². The van der Waals surface area contributed by atoms with E-state index in [1.807, 2.05) is 6.92 Å². The molecule has 1 heterocycles. The number of nitrogens with zero attached hydrogens (tertiary/aromatic N) is 2. The lowest BCUT2D eigenvalue weighted by Gasteiger charge is -2.04. The summed E-state index contributed by atoms with van der Waals surface area (Å²) in [5.74, 6) is 0.334. The van der Waals surface area contributed by atoms with Crippen LogP contribution in [0.5, 0.6) is 11.5 Å². The molecule has 0 saturated heterocycles. The van der Waals surface area contributed by atoms with E-state index in [4.69, 9.17) is 9.26 Å². The van der Waals surface area contributed by atoms with Crippen LogP contribution in [0.2, 0.25) is 0 Å². The lowest BCUT2D eigenvalue weighted by atomic mass is 10.2. The standard InChI is InChI=1S/C12H14N2O4/c1-7(17-2)6-10-13-12(18-14-10)11-8(15)4-3-5-9(11)16/h3-5,7,15-16H,6H2,1-2H3. The molecule has 0 radical (unpaired) electrons. The van der Waals surface area contributed by atoms with Crippen LogP contribution in [-0.2, 0) is 11.2 Å². The molecule has 1 unspecified atom stereocenters. The third-order valence-electron chi connectivity index (χ3n) is 2.57. The van der Waals surface area contributed by atoms with E-state index in [1.54, 1.807) is 7.11 Å². The Bertz CT molecular complexity index is 518. The molecule has 6 heteroatoms. The van der Waals surface area contributed by atoms with Crippen LogP contribution in [0.1, 0.15) is 12.7 Å². The largest absolute Gasteiger partial charge is 0.507 e. The van der Waals surface area contributed by atoms with Crippen molar-refractivity contribution in [3.8, 4) is 23.0 Å². The average Bonchev–Trinajstić information content (AvgIpc) is 2.77. The minimum absolute atomic E-state index is 0.0339. The van der Waals surface area contributed by atoms with Crippen LogP contribution in [0.25, 0.3) is 11.5 Å². The number of hydrogen-bond acceptors (Lipinski definition) is 6. The fourth-order valence-electron chi connectivity index (χ4n) is 1.53. The summed E-state index contributed by atoms with van der Waals surface area (Å²) in [6.07, 6.45) is 0.461. The van der Waals surface area contributed by atoms with Crippen molar-refractivity contribution in [1.82, 2.24) is 10.1 Å². The van der Waals surface area contributed by atoms with E-state index < -0.39 is 0 Å². The van der Waals surface area contributed by atoms with E-state index in [0.29, 0.717) is 12.2 Å². The van der Waals surface area contributed by atoms with Crippen LogP contribution < -0.4 is 0 Å². The van der Waals surface area contributed by atoms with E-state index in [-0.39, 0.29) is 29.1 Å². The summed E-state index contributed by atoms with van der Waals surface area (Å²) in [7, 11) is 1.60. The van der Waals surface area contributed by atoms with Crippen LogP contribution in [0.4, 0.5) is 0 Å². The minimum Gasteiger partial charge on any atom is -0.507 e. The summed E-state index contributed by atoms with van der Waals surface area (Å²) in [5, 5.41) is 23.1. The Morgan fingerprint density at radius 1 is 1.33 bits per heavy atom. The zero-order valence-corrected chi connectivity index (χ0v) is 10.1. The van der Waals surface area contributed by atoms with Gasteiger partial charge in [0.25, 0.3) is 5.89 Å². The molecule has 0 aliphatic carbocycles. The van der Waals surface area contributed by atoms with Gasteiger partial charge in [0.1, 0.15) is 17.1 Å². The topological polar surface area (TPSA) is 88.6 Å². The predicted octanol–water partition coefficient (Wildman–Crippen LogP) is 1.73. The van der Waals surface area contributed by atoms with Gasteiger partial charge < -0.3 is 19.5 Å². The first-order valence-electron chi connectivity index (χ1n) is 5.48. The van der Waals surface area contributed by atoms with Crippen molar-refractivity contribution >= 4 is 0 Å². The van der Waals surface area contributed by atoms with Crippen LogP contribution in [-0.4, -0.2) is 33.6 Å². The molecular formula is C12H14N2O4. The van der Waals surface area contributed by atoms with E-state index in [1.165, 1.54) is 18.2 Å². The van der Waals surface area contributed by atoms with Gasteiger partial charge in [0.2, 0.25) is 0 Å². The van der Waals surface area contributed by atoms with Gasteiger partial charge in [-0.25, -0.2) is 0 Å². The van der Waals surface area contributed by atoms with Crippen molar-refractivity contribution in [2.75, 3.05) is 7.11 Å². The number of phenolic OH excluding ortho intramolecular Hbond substituents is 2. The smallest absolute Gasteiger partial charge is 0.265 e. The number of rotatable bonds is 4. The van der Waals surface area contributed by atoms with Crippen LogP contribution >= 0.6 is 0 Å². The monoisotopic (exact) mass is 250 g/mol. The first-order valence-corrected chi connectivity index (χ1v) is 5.48.